The number of fused-ring (bicyclic) bond motifs is 1. The summed E-state index contributed by atoms with van der Waals surface area (Å²) in [5.41, 5.74) is 9.54. The molecule has 4 N–H and O–H groups in total. The molecule has 9 nitrogen and oxygen atoms in total. The zero-order valence-corrected chi connectivity index (χ0v) is 19.2. The van der Waals surface area contributed by atoms with Crippen molar-refractivity contribution in [2.45, 2.75) is 32.8 Å². The maximum atomic E-state index is 13.9. The van der Waals surface area contributed by atoms with Gasteiger partial charge in [0, 0.05) is 24.5 Å². The quantitative estimate of drug-likeness (QED) is 0.392. The van der Waals surface area contributed by atoms with Crippen molar-refractivity contribution >= 4 is 23.2 Å². The van der Waals surface area contributed by atoms with Gasteiger partial charge in [0.1, 0.15) is 35.4 Å². The average Bonchev–Trinajstić information content (AvgIpc) is 3.05. The summed E-state index contributed by atoms with van der Waals surface area (Å²) in [6.45, 7) is 6.19. The number of hydrogen-bond donors (Lipinski definition) is 2. The lowest BCUT2D eigenvalue weighted by Gasteiger charge is -2.40. The highest BCUT2D eigenvalue weighted by Crippen LogP contribution is 2.55. The van der Waals surface area contributed by atoms with E-state index in [1.807, 2.05) is 13.8 Å². The van der Waals surface area contributed by atoms with Gasteiger partial charge in [0.05, 0.1) is 19.9 Å². The second-order valence-corrected chi connectivity index (χ2v) is 8.13. The van der Waals surface area contributed by atoms with Crippen molar-refractivity contribution in [2.24, 2.45) is 23.3 Å². The van der Waals surface area contributed by atoms with Crippen molar-refractivity contribution in [2.75, 3.05) is 33.3 Å². The predicted octanol–water partition coefficient (Wildman–Crippen LogP) is 2.43. The van der Waals surface area contributed by atoms with Crippen molar-refractivity contribution in [3.63, 3.8) is 0 Å². The highest BCUT2D eigenvalue weighted by atomic mass is 35.5. The van der Waals surface area contributed by atoms with Crippen LogP contribution in [0, 0.1) is 11.8 Å². The molecule has 0 saturated carbocycles. The van der Waals surface area contributed by atoms with Crippen LogP contribution in [0.4, 0.5) is 0 Å². The van der Waals surface area contributed by atoms with Crippen molar-refractivity contribution in [3.05, 3.63) is 28.5 Å². The van der Waals surface area contributed by atoms with Crippen LogP contribution in [-0.4, -0.2) is 50.4 Å². The molecule has 32 heavy (non-hydrogen) atoms. The molecule has 1 aliphatic heterocycles. The number of carbonyl (C=O) groups is 2. The van der Waals surface area contributed by atoms with Gasteiger partial charge in [-0.15, -0.1) is 0 Å². The molecular weight excluding hydrogens is 440 g/mol. The van der Waals surface area contributed by atoms with Crippen molar-refractivity contribution in [3.8, 4) is 17.2 Å². The Bertz CT molecular complexity index is 918. The molecule has 0 saturated heterocycles. The highest BCUT2D eigenvalue weighted by Gasteiger charge is 2.62. The third-order valence-electron chi connectivity index (χ3n) is 5.53. The van der Waals surface area contributed by atoms with E-state index < -0.39 is 11.5 Å². The molecule has 2 aliphatic rings. The molecule has 0 bridgehead atoms. The van der Waals surface area contributed by atoms with E-state index in [4.69, 9.17) is 46.8 Å². The minimum absolute atomic E-state index is 0.0603. The highest BCUT2D eigenvalue weighted by molar-refractivity contribution is 6.35. The van der Waals surface area contributed by atoms with Crippen molar-refractivity contribution in [1.82, 2.24) is 0 Å². The third kappa shape index (κ3) is 4.17. The number of rotatable bonds is 10. The molecule has 176 valence electrons. The molecule has 10 heteroatoms. The monoisotopic (exact) mass is 468 g/mol. The molecule has 3 rings (SSSR count). The number of hydrogen-bond acceptors (Lipinski definition) is 9. The van der Waals surface area contributed by atoms with E-state index in [0.29, 0.717) is 0 Å². The number of benzene rings is 1. The summed E-state index contributed by atoms with van der Waals surface area (Å²) in [5.74, 6) is -0.338. The largest absolute Gasteiger partial charge is 0.493 e. The molecule has 1 aromatic rings. The first-order chi connectivity index (χ1) is 15.3. The molecule has 0 unspecified atom stereocenters. The first-order valence-corrected chi connectivity index (χ1v) is 10.9. The van der Waals surface area contributed by atoms with E-state index in [2.05, 4.69) is 0 Å². The molecule has 1 aliphatic carbocycles. The standard InChI is InChI=1S/C22H29ClN2O7/c1-4-29-17-8-13(26)7-14(12(2)3)22(17)21(27)18-15(31-11-25)9-16(19(23)20(18)32-22)30-6-5-28-10-24/h8-9,12,14H,4-7,10-11,24-25H2,1-3H3/t14-,22-/m0/s1. The van der Waals surface area contributed by atoms with Gasteiger partial charge in [0.15, 0.2) is 17.3 Å². The van der Waals surface area contributed by atoms with E-state index in [9.17, 15) is 9.59 Å². The van der Waals surface area contributed by atoms with Gasteiger partial charge in [-0.3, -0.25) is 15.3 Å². The van der Waals surface area contributed by atoms with Gasteiger partial charge in [0.25, 0.3) is 0 Å². The molecule has 0 aromatic heterocycles. The first kappa shape index (κ1) is 24.3. The van der Waals surface area contributed by atoms with Crippen molar-refractivity contribution < 1.29 is 33.3 Å². The Balaban J connectivity index is 2.13. The number of halogens is 1. The van der Waals surface area contributed by atoms with Gasteiger partial charge in [-0.1, -0.05) is 25.4 Å². The Labute approximate surface area is 191 Å². The third-order valence-corrected chi connectivity index (χ3v) is 5.88. The zero-order chi connectivity index (χ0) is 23.5. The van der Waals surface area contributed by atoms with E-state index in [-0.39, 0.29) is 90.8 Å². The molecule has 1 spiro atoms. The molecule has 0 radical (unpaired) electrons. The van der Waals surface area contributed by atoms with Gasteiger partial charge in [0.2, 0.25) is 11.4 Å². The SMILES string of the molecule is CCOC1=CC(=O)C[C@@H](C(C)C)[C@]12Oc1c(Cl)c(OCCOCN)cc(OCN)c1C2=O. The minimum Gasteiger partial charge on any atom is -0.493 e. The smallest absolute Gasteiger partial charge is 0.231 e. The fourth-order valence-corrected chi connectivity index (χ4v) is 4.41. The maximum Gasteiger partial charge on any atom is 0.231 e. The van der Waals surface area contributed by atoms with Crippen LogP contribution >= 0.6 is 11.6 Å². The van der Waals surface area contributed by atoms with E-state index in [1.54, 1.807) is 6.92 Å². The van der Waals surface area contributed by atoms with Crippen LogP contribution in [0.25, 0.3) is 0 Å². The summed E-state index contributed by atoms with van der Waals surface area (Å²) in [4.78, 5) is 26.3. The van der Waals surface area contributed by atoms with Crippen LogP contribution in [0.2, 0.25) is 5.02 Å². The zero-order valence-electron chi connectivity index (χ0n) is 18.4. The Morgan fingerprint density at radius 1 is 1.16 bits per heavy atom. The van der Waals surface area contributed by atoms with E-state index >= 15 is 0 Å². The second-order valence-electron chi connectivity index (χ2n) is 7.75. The summed E-state index contributed by atoms with van der Waals surface area (Å²) >= 11 is 6.61. The topological polar surface area (TPSA) is 132 Å². The van der Waals surface area contributed by atoms with Crippen LogP contribution < -0.4 is 25.7 Å². The summed E-state index contributed by atoms with van der Waals surface area (Å²) in [6, 6.07) is 1.50. The summed E-state index contributed by atoms with van der Waals surface area (Å²) < 4.78 is 28.4. The van der Waals surface area contributed by atoms with Crippen LogP contribution in [-0.2, 0) is 14.3 Å². The number of ether oxygens (including phenoxy) is 5. The van der Waals surface area contributed by atoms with E-state index in [0.717, 1.165) is 0 Å². The lowest BCUT2D eigenvalue weighted by atomic mass is 9.69. The van der Waals surface area contributed by atoms with Gasteiger partial charge < -0.3 is 29.4 Å². The Kier molecular flexibility index (Phi) is 7.66. The molecule has 2 atom stereocenters. The maximum absolute atomic E-state index is 13.9. The Hall–Kier alpha value is -2.33. The molecule has 1 heterocycles. The lowest BCUT2D eigenvalue weighted by Crippen LogP contribution is -2.54. The van der Waals surface area contributed by atoms with Gasteiger partial charge in [-0.05, 0) is 12.8 Å². The number of ketones is 2. The minimum atomic E-state index is -1.53. The molecular formula is C22H29ClN2O7. The predicted molar refractivity (Wildman–Crippen MR) is 117 cm³/mol. The van der Waals surface area contributed by atoms with Crippen LogP contribution in [0.3, 0.4) is 0 Å². The normalized spacial score (nSPS) is 22.1. The van der Waals surface area contributed by atoms with Gasteiger partial charge >= 0.3 is 0 Å². The van der Waals surface area contributed by atoms with Crippen LogP contribution in [0.1, 0.15) is 37.6 Å². The molecule has 1 aromatic carbocycles. The lowest BCUT2D eigenvalue weighted by molar-refractivity contribution is -0.120. The number of carbonyl (C=O) groups excluding carboxylic acids is 2. The number of nitrogens with two attached hydrogens (primary N) is 2. The van der Waals surface area contributed by atoms with Gasteiger partial charge in [-0.25, -0.2) is 0 Å². The second kappa shape index (κ2) is 10.1. The molecule has 0 amide bonds. The summed E-state index contributed by atoms with van der Waals surface area (Å²) in [5, 5.41) is 0.109. The Morgan fingerprint density at radius 3 is 2.53 bits per heavy atom. The van der Waals surface area contributed by atoms with Gasteiger partial charge in [-0.2, -0.15) is 0 Å². The van der Waals surface area contributed by atoms with Crippen molar-refractivity contribution in [1.29, 1.82) is 0 Å². The Morgan fingerprint density at radius 2 is 1.91 bits per heavy atom. The fraction of sp³-hybridized carbons (Fsp3) is 0.545. The van der Waals surface area contributed by atoms with E-state index in [1.165, 1.54) is 12.1 Å². The van der Waals surface area contributed by atoms with Crippen LogP contribution in [0.5, 0.6) is 17.2 Å². The average molecular weight is 469 g/mol. The van der Waals surface area contributed by atoms with Crippen LogP contribution in [0.15, 0.2) is 17.9 Å². The summed E-state index contributed by atoms with van der Waals surface area (Å²) in [7, 11) is 0. The number of Topliss-reactive ketones (excluding diaryl/α,β-unsaturated/α-hetero) is 1. The number of allylic oxidation sites excluding steroid dienone is 1. The first-order valence-electron chi connectivity index (χ1n) is 10.5. The summed E-state index contributed by atoms with van der Waals surface area (Å²) in [6.07, 6.45) is 1.48. The molecule has 0 fully saturated rings. The fourth-order valence-electron chi connectivity index (χ4n) is 4.17.